The van der Waals surface area contributed by atoms with Gasteiger partial charge in [-0.15, -0.1) is 0 Å². The fraction of sp³-hybridized carbons (Fsp3) is 1.00. The maximum Gasteiger partial charge on any atom is 0.0701 e. The van der Waals surface area contributed by atoms with Crippen LogP contribution in [0.2, 0.25) is 0 Å². The quantitative estimate of drug-likeness (QED) is 0.193. The van der Waals surface area contributed by atoms with Crippen molar-refractivity contribution in [1.29, 1.82) is 0 Å². The normalized spacial score (nSPS) is 12.6. The van der Waals surface area contributed by atoms with E-state index in [9.17, 15) is 0 Å². The Morgan fingerprint density at radius 2 is 0.963 bits per heavy atom. The molecule has 9 nitrogen and oxygen atoms in total. The van der Waals surface area contributed by atoms with E-state index < -0.39 is 0 Å². The molecular weight excluding hydrogens is 358 g/mol. The number of rotatable bonds is 23. The molecule has 0 heterocycles. The molecule has 0 aromatic heterocycles. The Hall–Kier alpha value is -0.360. The van der Waals surface area contributed by atoms with Crippen molar-refractivity contribution < 1.29 is 38.6 Å². The summed E-state index contributed by atoms with van der Waals surface area (Å²) in [4.78, 5) is 0. The molecule has 0 fully saturated rings. The zero-order valence-corrected chi connectivity index (χ0v) is 16.7. The Kier molecular flexibility index (Phi) is 23.4. The van der Waals surface area contributed by atoms with Crippen LogP contribution in [0.1, 0.15) is 6.92 Å². The van der Waals surface area contributed by atoms with Crippen LogP contribution < -0.4 is 5.32 Å². The summed E-state index contributed by atoms with van der Waals surface area (Å²) in [6.45, 7) is 10.0. The van der Waals surface area contributed by atoms with Crippen molar-refractivity contribution >= 4 is 0 Å². The monoisotopic (exact) mass is 397 g/mol. The second kappa shape index (κ2) is 23.7. The summed E-state index contributed by atoms with van der Waals surface area (Å²) >= 11 is 0. The molecular formula is C18H39NO8. The van der Waals surface area contributed by atoms with Gasteiger partial charge in [-0.1, -0.05) is 6.92 Å². The highest BCUT2D eigenvalue weighted by atomic mass is 16.6. The number of hydrogen-bond acceptors (Lipinski definition) is 9. The van der Waals surface area contributed by atoms with Crippen LogP contribution in [-0.2, 0) is 28.4 Å². The zero-order chi connectivity index (χ0) is 19.8. The predicted molar refractivity (Wildman–Crippen MR) is 101 cm³/mol. The molecule has 0 aromatic rings. The number of aliphatic hydroxyl groups excluding tert-OH is 2. The summed E-state index contributed by atoms with van der Waals surface area (Å²) in [5, 5.41) is 20.6. The molecule has 9 heteroatoms. The van der Waals surface area contributed by atoms with Gasteiger partial charge in [-0.3, -0.25) is 0 Å². The van der Waals surface area contributed by atoms with E-state index in [1.165, 1.54) is 0 Å². The Morgan fingerprint density at radius 3 is 1.33 bits per heavy atom. The maximum absolute atomic E-state index is 8.88. The Balaban J connectivity index is 2.99. The van der Waals surface area contributed by atoms with Gasteiger partial charge < -0.3 is 44.0 Å². The van der Waals surface area contributed by atoms with Crippen molar-refractivity contribution in [3.05, 3.63) is 0 Å². The van der Waals surface area contributed by atoms with E-state index in [2.05, 4.69) is 5.32 Å². The fourth-order valence-corrected chi connectivity index (χ4v) is 1.82. The Bertz CT molecular complexity index is 274. The summed E-state index contributed by atoms with van der Waals surface area (Å²) < 4.78 is 31.9. The van der Waals surface area contributed by atoms with Gasteiger partial charge >= 0.3 is 0 Å². The molecule has 0 saturated heterocycles. The standard InChI is InChI=1S/C18H39NO8/c1-18(17-21)16-19-2-4-22-6-8-24-10-12-26-14-15-27-13-11-25-9-7-23-5-3-20/h18-21H,2-17H2,1H3. The van der Waals surface area contributed by atoms with Gasteiger partial charge in [0.05, 0.1) is 85.9 Å². The van der Waals surface area contributed by atoms with Gasteiger partial charge in [-0.05, 0) is 12.5 Å². The van der Waals surface area contributed by atoms with E-state index in [0.717, 1.165) is 13.1 Å². The highest BCUT2D eigenvalue weighted by molar-refractivity contribution is 4.54. The molecule has 27 heavy (non-hydrogen) atoms. The third-order valence-electron chi connectivity index (χ3n) is 3.32. The highest BCUT2D eigenvalue weighted by Gasteiger charge is 1.98. The predicted octanol–water partition coefficient (Wildman–Crippen LogP) is -0.704. The molecule has 0 radical (unpaired) electrons. The minimum atomic E-state index is 0.0336. The van der Waals surface area contributed by atoms with Crippen LogP contribution in [0.4, 0.5) is 0 Å². The molecule has 1 atom stereocenters. The average molecular weight is 398 g/mol. The fourth-order valence-electron chi connectivity index (χ4n) is 1.82. The molecule has 0 amide bonds. The van der Waals surface area contributed by atoms with Crippen molar-refractivity contribution in [3.63, 3.8) is 0 Å². The topological polar surface area (TPSA) is 108 Å². The van der Waals surface area contributed by atoms with Crippen LogP contribution >= 0.6 is 0 Å². The number of aliphatic hydroxyl groups is 2. The van der Waals surface area contributed by atoms with Crippen LogP contribution in [0.15, 0.2) is 0 Å². The van der Waals surface area contributed by atoms with Crippen LogP contribution in [0.5, 0.6) is 0 Å². The third kappa shape index (κ3) is 23.6. The summed E-state index contributed by atoms with van der Waals surface area (Å²) in [6.07, 6.45) is 0. The van der Waals surface area contributed by atoms with Gasteiger partial charge in [0.1, 0.15) is 0 Å². The van der Waals surface area contributed by atoms with E-state index in [-0.39, 0.29) is 19.1 Å². The SMILES string of the molecule is CC(CO)CNCCOCCOCCOCCOCCOCCOCCO. The van der Waals surface area contributed by atoms with Gasteiger partial charge in [0.15, 0.2) is 0 Å². The third-order valence-corrected chi connectivity index (χ3v) is 3.32. The van der Waals surface area contributed by atoms with E-state index in [1.807, 2.05) is 6.92 Å². The minimum Gasteiger partial charge on any atom is -0.396 e. The molecule has 0 bridgehead atoms. The van der Waals surface area contributed by atoms with Crippen molar-refractivity contribution in [3.8, 4) is 0 Å². The van der Waals surface area contributed by atoms with Crippen LogP contribution in [-0.4, -0.2) is 116 Å². The highest BCUT2D eigenvalue weighted by Crippen LogP contribution is 1.88. The summed E-state index contributed by atoms with van der Waals surface area (Å²) in [5.74, 6) is 0.273. The summed E-state index contributed by atoms with van der Waals surface area (Å²) in [5.41, 5.74) is 0. The largest absolute Gasteiger partial charge is 0.396 e. The van der Waals surface area contributed by atoms with Crippen molar-refractivity contribution in [1.82, 2.24) is 5.32 Å². The van der Waals surface area contributed by atoms with Gasteiger partial charge in [-0.25, -0.2) is 0 Å². The first-order valence-electron chi connectivity index (χ1n) is 9.70. The first kappa shape index (κ1) is 26.6. The maximum atomic E-state index is 8.88. The average Bonchev–Trinajstić information content (AvgIpc) is 2.68. The second-order valence-electron chi connectivity index (χ2n) is 5.89. The first-order valence-corrected chi connectivity index (χ1v) is 9.70. The number of ether oxygens (including phenoxy) is 6. The zero-order valence-electron chi connectivity index (χ0n) is 16.7. The van der Waals surface area contributed by atoms with Crippen LogP contribution in [0.3, 0.4) is 0 Å². The Morgan fingerprint density at radius 1 is 0.593 bits per heavy atom. The van der Waals surface area contributed by atoms with E-state index in [1.54, 1.807) is 0 Å². The molecule has 0 aromatic carbocycles. The van der Waals surface area contributed by atoms with E-state index >= 15 is 0 Å². The molecule has 3 N–H and O–H groups in total. The lowest BCUT2D eigenvalue weighted by Crippen LogP contribution is -2.27. The van der Waals surface area contributed by atoms with Gasteiger partial charge in [0, 0.05) is 13.2 Å². The van der Waals surface area contributed by atoms with Crippen LogP contribution in [0.25, 0.3) is 0 Å². The molecule has 0 aliphatic heterocycles. The summed E-state index contributed by atoms with van der Waals surface area (Å²) in [7, 11) is 0. The van der Waals surface area contributed by atoms with Gasteiger partial charge in [-0.2, -0.15) is 0 Å². The van der Waals surface area contributed by atoms with E-state index in [0.29, 0.717) is 79.3 Å². The van der Waals surface area contributed by atoms with E-state index in [4.69, 9.17) is 38.6 Å². The molecule has 0 spiro atoms. The second-order valence-corrected chi connectivity index (χ2v) is 5.89. The van der Waals surface area contributed by atoms with Crippen molar-refractivity contribution in [2.45, 2.75) is 6.92 Å². The molecule has 0 aliphatic rings. The number of nitrogens with one attached hydrogen (secondary N) is 1. The smallest absolute Gasteiger partial charge is 0.0701 e. The molecule has 0 saturated carbocycles. The Labute approximate surface area is 163 Å². The molecule has 0 aliphatic carbocycles. The van der Waals surface area contributed by atoms with Gasteiger partial charge in [0.25, 0.3) is 0 Å². The first-order chi connectivity index (χ1) is 13.3. The lowest BCUT2D eigenvalue weighted by atomic mass is 10.2. The van der Waals surface area contributed by atoms with Gasteiger partial charge in [0.2, 0.25) is 0 Å². The van der Waals surface area contributed by atoms with Crippen molar-refractivity contribution in [2.75, 3.05) is 106 Å². The molecule has 0 rings (SSSR count). The summed E-state index contributed by atoms with van der Waals surface area (Å²) in [6, 6.07) is 0. The lowest BCUT2D eigenvalue weighted by molar-refractivity contribution is -0.0180. The van der Waals surface area contributed by atoms with Crippen LogP contribution in [0, 0.1) is 5.92 Å². The minimum absolute atomic E-state index is 0.0336. The van der Waals surface area contributed by atoms with Crippen molar-refractivity contribution in [2.24, 2.45) is 5.92 Å². The number of hydrogen-bond donors (Lipinski definition) is 3. The molecule has 164 valence electrons. The molecule has 1 unspecified atom stereocenters. The lowest BCUT2D eigenvalue weighted by Gasteiger charge is -2.10.